The fourth-order valence-electron chi connectivity index (χ4n) is 5.83. The Labute approximate surface area is 254 Å². The molecular weight excluding hydrogens is 564 g/mol. The maximum Gasteiger partial charge on any atom is 0.301 e. The van der Waals surface area contributed by atoms with Crippen molar-refractivity contribution in [1.82, 2.24) is 4.98 Å². The predicted octanol–water partition coefficient (Wildman–Crippen LogP) is 7.05. The minimum atomic E-state index is -0.941. The lowest BCUT2D eigenvalue weighted by molar-refractivity contribution is -0.132. The molecule has 43 heavy (non-hydrogen) atoms. The highest BCUT2D eigenvalue weighted by atomic mass is 32.1. The Kier molecular flexibility index (Phi) is 7.60. The molecule has 0 radical (unpaired) electrons. The third kappa shape index (κ3) is 5.12. The molecule has 3 aromatic carbocycles. The van der Waals surface area contributed by atoms with Crippen LogP contribution in [0.4, 0.5) is 5.13 Å². The molecule has 0 spiro atoms. The summed E-state index contributed by atoms with van der Waals surface area (Å²) in [5.74, 6) is 0.0182. The van der Waals surface area contributed by atoms with Crippen molar-refractivity contribution in [3.63, 3.8) is 0 Å². The van der Waals surface area contributed by atoms with E-state index in [0.29, 0.717) is 40.8 Å². The van der Waals surface area contributed by atoms with E-state index in [9.17, 15) is 14.7 Å². The topological polar surface area (TPSA) is 98.2 Å². The molecule has 2 unspecified atom stereocenters. The number of thiazole rings is 1. The number of hydrogen-bond donors (Lipinski definition) is 1. The van der Waals surface area contributed by atoms with Crippen molar-refractivity contribution in [1.29, 1.82) is 0 Å². The van der Waals surface area contributed by atoms with Gasteiger partial charge in [0.2, 0.25) is 0 Å². The Hall–Kier alpha value is -4.37. The van der Waals surface area contributed by atoms with Crippen molar-refractivity contribution in [2.45, 2.75) is 59.1 Å². The van der Waals surface area contributed by atoms with Crippen LogP contribution < -0.4 is 19.1 Å². The summed E-state index contributed by atoms with van der Waals surface area (Å²) >= 11 is 1.34. The Morgan fingerprint density at radius 2 is 1.93 bits per heavy atom. The summed E-state index contributed by atoms with van der Waals surface area (Å²) in [6.07, 6.45) is 2.60. The number of amides is 1. The van der Waals surface area contributed by atoms with Gasteiger partial charge in [-0.1, -0.05) is 36.8 Å². The normalized spacial score (nSPS) is 19.1. The highest BCUT2D eigenvalue weighted by molar-refractivity contribution is 7.22. The monoisotopic (exact) mass is 598 g/mol. The van der Waals surface area contributed by atoms with Crippen LogP contribution in [-0.4, -0.2) is 41.6 Å². The molecule has 6 rings (SSSR count). The SMILES string of the molecule is CCCCOc1ccc(C2/C(=C(\O)c3ccc4c(c3)CC(C)O4)C(=O)C(=O)N2c2nc3c(C)cc(C)cc3s2)cc1OC. The standard InChI is InChI=1S/C34H34N2O6S/c1-6-7-12-41-25-11-8-21(17-26(25)40-5)30-28(31(37)22-9-10-24-23(16-22)15-20(4)42-24)32(38)33(39)36(30)34-35-29-19(3)13-18(2)14-27(29)43-34/h8-11,13-14,16-17,20,30,37H,6-7,12,15H2,1-5H3/b31-28+. The minimum Gasteiger partial charge on any atom is -0.507 e. The summed E-state index contributed by atoms with van der Waals surface area (Å²) in [6, 6.07) is 13.8. The van der Waals surface area contributed by atoms with Crippen LogP contribution in [0.5, 0.6) is 17.2 Å². The van der Waals surface area contributed by atoms with Gasteiger partial charge in [-0.2, -0.15) is 0 Å². The smallest absolute Gasteiger partial charge is 0.301 e. The van der Waals surface area contributed by atoms with Crippen LogP contribution in [0, 0.1) is 13.8 Å². The number of aryl methyl sites for hydroxylation is 2. The number of ether oxygens (including phenoxy) is 3. The molecule has 0 bridgehead atoms. The number of hydrogen-bond acceptors (Lipinski definition) is 8. The summed E-state index contributed by atoms with van der Waals surface area (Å²) in [6.45, 7) is 8.60. The summed E-state index contributed by atoms with van der Waals surface area (Å²) in [7, 11) is 1.55. The molecule has 222 valence electrons. The lowest BCUT2D eigenvalue weighted by Crippen LogP contribution is -2.29. The molecular formula is C34H34N2O6S. The third-order valence-electron chi connectivity index (χ3n) is 7.90. The van der Waals surface area contributed by atoms with E-state index in [4.69, 9.17) is 19.2 Å². The van der Waals surface area contributed by atoms with E-state index < -0.39 is 17.7 Å². The molecule has 1 fully saturated rings. The zero-order valence-corrected chi connectivity index (χ0v) is 25.7. The average molecular weight is 599 g/mol. The van der Waals surface area contributed by atoms with Gasteiger partial charge in [0, 0.05) is 12.0 Å². The largest absolute Gasteiger partial charge is 0.507 e. The number of methoxy groups -OCH3 is 1. The molecule has 9 heteroatoms. The van der Waals surface area contributed by atoms with Crippen molar-refractivity contribution >= 4 is 44.1 Å². The van der Waals surface area contributed by atoms with Crippen molar-refractivity contribution in [2.24, 2.45) is 0 Å². The van der Waals surface area contributed by atoms with Gasteiger partial charge in [-0.3, -0.25) is 14.5 Å². The summed E-state index contributed by atoms with van der Waals surface area (Å²) in [5.41, 5.74) is 4.80. The van der Waals surface area contributed by atoms with Crippen molar-refractivity contribution in [3.05, 3.63) is 81.9 Å². The van der Waals surface area contributed by atoms with Gasteiger partial charge in [0.05, 0.1) is 35.5 Å². The Balaban J connectivity index is 1.52. The van der Waals surface area contributed by atoms with Gasteiger partial charge in [-0.15, -0.1) is 0 Å². The molecule has 2 atom stereocenters. The minimum absolute atomic E-state index is 0.00854. The number of aromatic nitrogens is 1. The van der Waals surface area contributed by atoms with E-state index in [-0.39, 0.29) is 17.4 Å². The van der Waals surface area contributed by atoms with Gasteiger partial charge in [-0.25, -0.2) is 4.98 Å². The number of nitrogens with zero attached hydrogens (tertiary/aromatic N) is 2. The molecule has 2 aliphatic rings. The van der Waals surface area contributed by atoms with Gasteiger partial charge in [0.1, 0.15) is 17.6 Å². The number of benzene rings is 3. The fraction of sp³-hybridized carbons (Fsp3) is 0.324. The molecule has 2 aliphatic heterocycles. The number of anilines is 1. The first-order chi connectivity index (χ1) is 20.7. The zero-order chi connectivity index (χ0) is 30.4. The van der Waals surface area contributed by atoms with E-state index >= 15 is 0 Å². The van der Waals surface area contributed by atoms with E-state index in [1.807, 2.05) is 45.0 Å². The van der Waals surface area contributed by atoms with E-state index in [2.05, 4.69) is 6.92 Å². The summed E-state index contributed by atoms with van der Waals surface area (Å²) in [4.78, 5) is 33.8. The summed E-state index contributed by atoms with van der Waals surface area (Å²) in [5, 5.41) is 12.1. The highest BCUT2D eigenvalue weighted by Crippen LogP contribution is 2.46. The third-order valence-corrected chi connectivity index (χ3v) is 8.90. The lowest BCUT2D eigenvalue weighted by Gasteiger charge is -2.24. The number of fused-ring (bicyclic) bond motifs is 2. The number of rotatable bonds is 8. The quantitative estimate of drug-likeness (QED) is 0.100. The molecule has 1 saturated heterocycles. The van der Waals surface area contributed by atoms with Gasteiger partial charge in [0.15, 0.2) is 16.6 Å². The second kappa shape index (κ2) is 11.4. The molecule has 0 saturated carbocycles. The number of unbranched alkanes of at least 4 members (excludes halogenated alkanes) is 1. The van der Waals surface area contributed by atoms with Gasteiger partial charge in [0.25, 0.3) is 5.78 Å². The second-order valence-electron chi connectivity index (χ2n) is 11.2. The van der Waals surface area contributed by atoms with E-state index in [0.717, 1.165) is 45.5 Å². The van der Waals surface area contributed by atoms with Crippen LogP contribution in [0.3, 0.4) is 0 Å². The van der Waals surface area contributed by atoms with Crippen LogP contribution in [-0.2, 0) is 16.0 Å². The molecule has 8 nitrogen and oxygen atoms in total. The molecule has 1 amide bonds. The van der Waals surface area contributed by atoms with Crippen LogP contribution in [0.15, 0.2) is 54.1 Å². The van der Waals surface area contributed by atoms with Crippen molar-refractivity contribution in [3.8, 4) is 17.2 Å². The Morgan fingerprint density at radius 3 is 2.70 bits per heavy atom. The van der Waals surface area contributed by atoms with Crippen LogP contribution in [0.25, 0.3) is 16.0 Å². The molecule has 3 heterocycles. The predicted molar refractivity (Wildman–Crippen MR) is 168 cm³/mol. The van der Waals surface area contributed by atoms with Gasteiger partial charge >= 0.3 is 5.91 Å². The number of aliphatic hydroxyl groups excluding tert-OH is 1. The maximum atomic E-state index is 13.8. The Bertz CT molecular complexity index is 1790. The molecule has 0 aliphatic carbocycles. The Morgan fingerprint density at radius 1 is 1.12 bits per heavy atom. The number of ketones is 1. The first-order valence-electron chi connectivity index (χ1n) is 14.5. The summed E-state index contributed by atoms with van der Waals surface area (Å²) < 4.78 is 18.4. The fourth-order valence-corrected chi connectivity index (χ4v) is 7.00. The number of aliphatic hydroxyl groups is 1. The van der Waals surface area contributed by atoms with Crippen LogP contribution in [0.2, 0.25) is 0 Å². The van der Waals surface area contributed by atoms with Gasteiger partial charge in [-0.05, 0) is 85.8 Å². The van der Waals surface area contributed by atoms with E-state index in [1.54, 1.807) is 31.4 Å². The number of carbonyl (C=O) groups excluding carboxylic acids is 2. The highest BCUT2D eigenvalue weighted by Gasteiger charge is 2.48. The molecule has 1 aromatic heterocycles. The molecule has 4 aromatic rings. The second-order valence-corrected chi connectivity index (χ2v) is 12.2. The van der Waals surface area contributed by atoms with Crippen molar-refractivity contribution < 1.29 is 28.9 Å². The van der Waals surface area contributed by atoms with Gasteiger partial charge < -0.3 is 19.3 Å². The van der Waals surface area contributed by atoms with Crippen LogP contribution >= 0.6 is 11.3 Å². The van der Waals surface area contributed by atoms with Crippen molar-refractivity contribution in [2.75, 3.05) is 18.6 Å². The van der Waals surface area contributed by atoms with Crippen LogP contribution in [0.1, 0.15) is 60.5 Å². The first-order valence-corrected chi connectivity index (χ1v) is 15.3. The van der Waals surface area contributed by atoms with E-state index in [1.165, 1.54) is 16.2 Å². The first kappa shape index (κ1) is 28.7. The number of carbonyl (C=O) groups is 2. The molecule has 1 N–H and O–H groups in total. The zero-order valence-electron chi connectivity index (χ0n) is 24.9. The number of Topliss-reactive ketones (excluding diaryl/α,β-unsaturated/α-hetero) is 1. The maximum absolute atomic E-state index is 13.8. The lowest BCUT2D eigenvalue weighted by atomic mass is 9.94. The average Bonchev–Trinajstić information content (AvgIpc) is 3.65.